The van der Waals surface area contributed by atoms with Gasteiger partial charge in [0, 0.05) is 18.3 Å². The first-order chi connectivity index (χ1) is 11.2. The number of pyridine rings is 2. The Morgan fingerprint density at radius 2 is 2.17 bits per heavy atom. The molecule has 0 saturated heterocycles. The summed E-state index contributed by atoms with van der Waals surface area (Å²) in [4.78, 5) is 14.7. The minimum Gasteiger partial charge on any atom is -0.485 e. The van der Waals surface area contributed by atoms with E-state index < -0.39 is 5.82 Å². The van der Waals surface area contributed by atoms with Crippen LogP contribution < -0.4 is 9.47 Å². The molecule has 0 spiro atoms. The summed E-state index contributed by atoms with van der Waals surface area (Å²) in [6, 6.07) is 6.30. The van der Waals surface area contributed by atoms with Gasteiger partial charge in [0.1, 0.15) is 17.3 Å². The van der Waals surface area contributed by atoms with Crippen LogP contribution in [0.1, 0.15) is 23.3 Å². The van der Waals surface area contributed by atoms with Crippen LogP contribution in [0, 0.1) is 5.82 Å². The molecule has 0 aromatic carbocycles. The lowest BCUT2D eigenvalue weighted by Gasteiger charge is -2.11. The highest BCUT2D eigenvalue weighted by molar-refractivity contribution is 5.75. The monoisotopic (exact) mass is 313 g/mol. The lowest BCUT2D eigenvalue weighted by atomic mass is 10.3. The molecule has 0 aliphatic heterocycles. The van der Waals surface area contributed by atoms with Crippen LogP contribution in [0.2, 0.25) is 0 Å². The summed E-state index contributed by atoms with van der Waals surface area (Å²) in [5, 5.41) is 4.06. The van der Waals surface area contributed by atoms with Crippen molar-refractivity contribution in [1.82, 2.24) is 14.6 Å². The average molecular weight is 313 g/mol. The zero-order valence-corrected chi connectivity index (χ0v) is 12.0. The fraction of sp³-hybridized carbons (Fsp3) is 0.188. The van der Waals surface area contributed by atoms with Crippen molar-refractivity contribution in [3.63, 3.8) is 0 Å². The molecule has 0 atom stereocenters. The van der Waals surface area contributed by atoms with E-state index in [4.69, 9.17) is 9.47 Å². The third-order valence-corrected chi connectivity index (χ3v) is 3.39. The predicted octanol–water partition coefficient (Wildman–Crippen LogP) is 3.01. The number of ether oxygens (including phenoxy) is 2. The van der Waals surface area contributed by atoms with E-state index in [9.17, 15) is 9.18 Å². The quantitative estimate of drug-likeness (QED) is 0.677. The van der Waals surface area contributed by atoms with Gasteiger partial charge in [-0.25, -0.2) is 13.9 Å². The van der Waals surface area contributed by atoms with Gasteiger partial charge >= 0.3 is 0 Å². The van der Waals surface area contributed by atoms with Gasteiger partial charge in [0.25, 0.3) is 5.88 Å². The highest BCUT2D eigenvalue weighted by Gasteiger charge is 2.26. The summed E-state index contributed by atoms with van der Waals surface area (Å²) in [7, 11) is 0. The number of rotatable bonds is 5. The molecule has 4 rings (SSSR count). The SMILES string of the molecule is O=Cc1cc2cc(Oc3ncc(F)cc3OC3CC3)ccn2n1. The van der Waals surface area contributed by atoms with Crippen molar-refractivity contribution in [3.8, 4) is 17.4 Å². The fourth-order valence-electron chi connectivity index (χ4n) is 2.16. The number of carbonyl (C=O) groups is 1. The van der Waals surface area contributed by atoms with Crippen molar-refractivity contribution in [2.24, 2.45) is 0 Å². The van der Waals surface area contributed by atoms with E-state index in [0.29, 0.717) is 23.2 Å². The normalized spacial score (nSPS) is 14.0. The van der Waals surface area contributed by atoms with Crippen LogP contribution in [-0.2, 0) is 0 Å². The standard InChI is InChI=1S/C16H12FN3O3/c17-10-5-15(22-13-1-2-13)16(18-8-10)23-14-3-4-20-12(7-14)6-11(9-21)19-20/h3-9,13H,1-2H2. The molecule has 0 N–H and O–H groups in total. The Bertz CT molecular complexity index is 889. The third kappa shape index (κ3) is 2.85. The molecule has 6 nitrogen and oxygen atoms in total. The van der Waals surface area contributed by atoms with Crippen LogP contribution in [0.4, 0.5) is 4.39 Å². The van der Waals surface area contributed by atoms with Gasteiger partial charge in [-0.1, -0.05) is 0 Å². The number of fused-ring (bicyclic) bond motifs is 1. The zero-order valence-electron chi connectivity index (χ0n) is 12.0. The minimum atomic E-state index is -0.477. The van der Waals surface area contributed by atoms with E-state index in [0.717, 1.165) is 19.0 Å². The summed E-state index contributed by atoms with van der Waals surface area (Å²) >= 11 is 0. The van der Waals surface area contributed by atoms with E-state index in [2.05, 4.69) is 10.1 Å². The van der Waals surface area contributed by atoms with Gasteiger partial charge < -0.3 is 9.47 Å². The Balaban J connectivity index is 1.65. The number of nitrogens with zero attached hydrogens (tertiary/aromatic N) is 3. The van der Waals surface area contributed by atoms with Crippen LogP contribution in [0.5, 0.6) is 17.4 Å². The summed E-state index contributed by atoms with van der Waals surface area (Å²) in [6.45, 7) is 0. The van der Waals surface area contributed by atoms with E-state index >= 15 is 0 Å². The molecule has 0 bridgehead atoms. The number of aldehydes is 1. The maximum absolute atomic E-state index is 13.4. The topological polar surface area (TPSA) is 65.7 Å². The van der Waals surface area contributed by atoms with Gasteiger partial charge in [0.15, 0.2) is 12.0 Å². The fourth-order valence-corrected chi connectivity index (χ4v) is 2.16. The lowest BCUT2D eigenvalue weighted by Crippen LogP contribution is -2.00. The first kappa shape index (κ1) is 13.7. The number of aromatic nitrogens is 3. The van der Waals surface area contributed by atoms with Crippen molar-refractivity contribution >= 4 is 11.8 Å². The molecule has 7 heteroatoms. The number of hydrogen-bond acceptors (Lipinski definition) is 5. The molecule has 1 saturated carbocycles. The number of halogens is 1. The molecule has 1 fully saturated rings. The van der Waals surface area contributed by atoms with Crippen LogP contribution in [0.25, 0.3) is 5.52 Å². The largest absolute Gasteiger partial charge is 0.485 e. The molecule has 3 aromatic rings. The van der Waals surface area contributed by atoms with Crippen LogP contribution in [0.15, 0.2) is 36.7 Å². The second-order valence-electron chi connectivity index (χ2n) is 5.30. The molecule has 3 heterocycles. The second-order valence-corrected chi connectivity index (χ2v) is 5.30. The first-order valence-electron chi connectivity index (χ1n) is 7.16. The van der Waals surface area contributed by atoms with Gasteiger partial charge in [-0.15, -0.1) is 0 Å². The van der Waals surface area contributed by atoms with Crippen LogP contribution in [-0.4, -0.2) is 27.0 Å². The molecule has 0 unspecified atom stereocenters. The maximum Gasteiger partial charge on any atom is 0.262 e. The Labute approximate surface area is 130 Å². The molecule has 1 aliphatic carbocycles. The number of carbonyl (C=O) groups excluding carboxylic acids is 1. The van der Waals surface area contributed by atoms with Crippen molar-refractivity contribution in [1.29, 1.82) is 0 Å². The predicted molar refractivity (Wildman–Crippen MR) is 78.5 cm³/mol. The molecule has 116 valence electrons. The summed E-state index contributed by atoms with van der Waals surface area (Å²) < 4.78 is 26.3. The van der Waals surface area contributed by atoms with E-state index in [-0.39, 0.29) is 17.7 Å². The third-order valence-electron chi connectivity index (χ3n) is 3.39. The van der Waals surface area contributed by atoms with Gasteiger partial charge in [-0.2, -0.15) is 5.10 Å². The van der Waals surface area contributed by atoms with E-state index in [1.54, 1.807) is 28.9 Å². The molecule has 3 aromatic heterocycles. The van der Waals surface area contributed by atoms with Crippen LogP contribution >= 0.6 is 0 Å². The molecule has 1 aliphatic rings. The van der Waals surface area contributed by atoms with Gasteiger partial charge in [-0.3, -0.25) is 4.79 Å². The van der Waals surface area contributed by atoms with E-state index in [1.807, 2.05) is 0 Å². The smallest absolute Gasteiger partial charge is 0.262 e. The average Bonchev–Trinajstić information content (AvgIpc) is 3.26. The van der Waals surface area contributed by atoms with Gasteiger partial charge in [0.2, 0.25) is 0 Å². The maximum atomic E-state index is 13.4. The Kier molecular flexibility index (Phi) is 3.18. The molecular weight excluding hydrogens is 301 g/mol. The molecule has 0 radical (unpaired) electrons. The summed E-state index contributed by atoms with van der Waals surface area (Å²) in [5.41, 5.74) is 1.04. The highest BCUT2D eigenvalue weighted by atomic mass is 19.1. The second kappa shape index (κ2) is 5.35. The zero-order chi connectivity index (χ0) is 15.8. The molecule has 0 amide bonds. The Hall–Kier alpha value is -2.96. The van der Waals surface area contributed by atoms with Gasteiger partial charge in [0.05, 0.1) is 17.8 Å². The summed E-state index contributed by atoms with van der Waals surface area (Å²) in [5.74, 6) is 0.511. The number of hydrogen-bond donors (Lipinski definition) is 0. The Morgan fingerprint density at radius 1 is 1.30 bits per heavy atom. The van der Waals surface area contributed by atoms with Crippen molar-refractivity contribution < 1.29 is 18.7 Å². The highest BCUT2D eigenvalue weighted by Crippen LogP contribution is 2.35. The van der Waals surface area contributed by atoms with Crippen molar-refractivity contribution in [3.05, 3.63) is 48.2 Å². The molecular formula is C16H12FN3O3. The molecule has 23 heavy (non-hydrogen) atoms. The van der Waals surface area contributed by atoms with Crippen LogP contribution in [0.3, 0.4) is 0 Å². The first-order valence-corrected chi connectivity index (χ1v) is 7.16. The van der Waals surface area contributed by atoms with Crippen molar-refractivity contribution in [2.45, 2.75) is 18.9 Å². The Morgan fingerprint density at radius 3 is 2.96 bits per heavy atom. The summed E-state index contributed by atoms with van der Waals surface area (Å²) in [6.07, 6.45) is 5.43. The van der Waals surface area contributed by atoms with Crippen molar-refractivity contribution in [2.75, 3.05) is 0 Å². The lowest BCUT2D eigenvalue weighted by molar-refractivity contribution is 0.111. The van der Waals surface area contributed by atoms with Gasteiger partial charge in [-0.05, 0) is 25.0 Å². The van der Waals surface area contributed by atoms with E-state index in [1.165, 1.54) is 6.07 Å². The minimum absolute atomic E-state index is 0.105.